The molecule has 0 unspecified atom stereocenters. The molecule has 2 aromatic heterocycles. The van der Waals surface area contributed by atoms with Gasteiger partial charge in [0.05, 0.1) is 12.1 Å². The number of aromatic nitrogens is 4. The first-order chi connectivity index (χ1) is 9.33. The van der Waals surface area contributed by atoms with Crippen LogP contribution in [0.4, 0.5) is 5.82 Å². The average Bonchev–Trinajstić information content (AvgIpc) is 2.92. The van der Waals surface area contributed by atoms with E-state index in [4.69, 9.17) is 0 Å². The molecule has 5 nitrogen and oxygen atoms in total. The molecule has 2 heterocycles. The molecule has 0 saturated carbocycles. The molecule has 0 aliphatic heterocycles. The number of rotatable bonds is 4. The number of para-hydroxylation sites is 1. The van der Waals surface area contributed by atoms with Gasteiger partial charge in [0.25, 0.3) is 0 Å². The molecule has 1 aromatic carbocycles. The molecule has 0 fully saturated rings. The highest BCUT2D eigenvalue weighted by Crippen LogP contribution is 2.19. The molecule has 3 aromatic rings. The molecule has 1 N–H and O–H groups in total. The predicted octanol–water partition coefficient (Wildman–Crippen LogP) is 2.33. The van der Waals surface area contributed by atoms with E-state index in [-0.39, 0.29) is 6.04 Å². The first-order valence-corrected chi connectivity index (χ1v) is 6.26. The summed E-state index contributed by atoms with van der Waals surface area (Å²) in [5.74, 6) is 0.866. The molecule has 3 rings (SSSR count). The topological polar surface area (TPSA) is 55.6 Å². The smallest absolute Gasteiger partial charge is 0.137 e. The SMILES string of the molecule is C[C@H](Cn1cccn1)Nc1ncnc2ccccc12. The quantitative estimate of drug-likeness (QED) is 0.775. The summed E-state index contributed by atoms with van der Waals surface area (Å²) >= 11 is 0. The number of fused-ring (bicyclic) bond motifs is 1. The van der Waals surface area contributed by atoms with Crippen LogP contribution in [-0.4, -0.2) is 25.8 Å². The Morgan fingerprint density at radius 3 is 2.95 bits per heavy atom. The van der Waals surface area contributed by atoms with Crippen LogP contribution < -0.4 is 5.32 Å². The summed E-state index contributed by atoms with van der Waals surface area (Å²) in [5, 5.41) is 8.65. The van der Waals surface area contributed by atoms with Gasteiger partial charge in [-0.3, -0.25) is 4.68 Å². The lowest BCUT2D eigenvalue weighted by molar-refractivity contribution is 0.560. The summed E-state index contributed by atoms with van der Waals surface area (Å²) in [6, 6.07) is 10.1. The van der Waals surface area contributed by atoms with Crippen molar-refractivity contribution in [3.63, 3.8) is 0 Å². The second-order valence-corrected chi connectivity index (χ2v) is 4.51. The fourth-order valence-electron chi connectivity index (χ4n) is 2.09. The van der Waals surface area contributed by atoms with Gasteiger partial charge in [0.15, 0.2) is 0 Å². The summed E-state index contributed by atoms with van der Waals surface area (Å²) in [7, 11) is 0. The molecule has 19 heavy (non-hydrogen) atoms. The Morgan fingerprint density at radius 2 is 2.11 bits per heavy atom. The number of hydrogen-bond donors (Lipinski definition) is 1. The Morgan fingerprint density at radius 1 is 1.21 bits per heavy atom. The van der Waals surface area contributed by atoms with E-state index in [0.717, 1.165) is 23.3 Å². The fourth-order valence-corrected chi connectivity index (χ4v) is 2.09. The highest BCUT2D eigenvalue weighted by molar-refractivity contribution is 5.88. The molecule has 5 heteroatoms. The van der Waals surface area contributed by atoms with Crippen molar-refractivity contribution in [2.24, 2.45) is 0 Å². The van der Waals surface area contributed by atoms with E-state index >= 15 is 0 Å². The lowest BCUT2D eigenvalue weighted by Crippen LogP contribution is -2.23. The molecule has 96 valence electrons. The molecule has 0 aliphatic carbocycles. The van der Waals surface area contributed by atoms with E-state index in [2.05, 4.69) is 27.3 Å². The molecule has 0 aliphatic rings. The van der Waals surface area contributed by atoms with Crippen LogP contribution in [0.2, 0.25) is 0 Å². The van der Waals surface area contributed by atoms with Gasteiger partial charge < -0.3 is 5.32 Å². The van der Waals surface area contributed by atoms with Crippen molar-refractivity contribution in [3.8, 4) is 0 Å². The van der Waals surface area contributed by atoms with Crippen molar-refractivity contribution in [1.82, 2.24) is 19.7 Å². The minimum Gasteiger partial charge on any atom is -0.365 e. The number of nitrogens with one attached hydrogen (secondary N) is 1. The number of anilines is 1. The van der Waals surface area contributed by atoms with E-state index in [1.807, 2.05) is 41.2 Å². The fraction of sp³-hybridized carbons (Fsp3) is 0.214. The van der Waals surface area contributed by atoms with Crippen molar-refractivity contribution < 1.29 is 0 Å². The molecule has 0 spiro atoms. The van der Waals surface area contributed by atoms with Gasteiger partial charge in [-0.2, -0.15) is 5.10 Å². The molecular formula is C14H15N5. The van der Waals surface area contributed by atoms with Gasteiger partial charge in [0, 0.05) is 23.8 Å². The summed E-state index contributed by atoms with van der Waals surface area (Å²) in [4.78, 5) is 8.58. The van der Waals surface area contributed by atoms with Gasteiger partial charge in [-0.05, 0) is 25.1 Å². The predicted molar refractivity (Wildman–Crippen MR) is 74.8 cm³/mol. The number of hydrogen-bond acceptors (Lipinski definition) is 4. The lowest BCUT2D eigenvalue weighted by atomic mass is 10.2. The second kappa shape index (κ2) is 5.06. The Hall–Kier alpha value is -2.43. The van der Waals surface area contributed by atoms with E-state index in [9.17, 15) is 0 Å². The van der Waals surface area contributed by atoms with Crippen LogP contribution in [0.25, 0.3) is 10.9 Å². The van der Waals surface area contributed by atoms with Crippen LogP contribution in [0.3, 0.4) is 0 Å². The van der Waals surface area contributed by atoms with Gasteiger partial charge in [-0.25, -0.2) is 9.97 Å². The third-order valence-corrected chi connectivity index (χ3v) is 2.95. The van der Waals surface area contributed by atoms with Crippen molar-refractivity contribution in [3.05, 3.63) is 49.1 Å². The first-order valence-electron chi connectivity index (χ1n) is 6.26. The van der Waals surface area contributed by atoms with Gasteiger partial charge in [-0.1, -0.05) is 12.1 Å². The van der Waals surface area contributed by atoms with E-state index in [0.29, 0.717) is 0 Å². The number of benzene rings is 1. The number of nitrogens with zero attached hydrogens (tertiary/aromatic N) is 4. The van der Waals surface area contributed by atoms with Gasteiger partial charge in [-0.15, -0.1) is 0 Å². The molecule has 1 atom stereocenters. The van der Waals surface area contributed by atoms with Crippen molar-refractivity contribution in [1.29, 1.82) is 0 Å². The highest BCUT2D eigenvalue weighted by Gasteiger charge is 2.07. The zero-order valence-corrected chi connectivity index (χ0v) is 10.7. The summed E-state index contributed by atoms with van der Waals surface area (Å²) in [6.45, 7) is 2.91. The van der Waals surface area contributed by atoms with Gasteiger partial charge in [0.1, 0.15) is 12.1 Å². The summed E-state index contributed by atoms with van der Waals surface area (Å²) in [6.07, 6.45) is 5.33. The largest absolute Gasteiger partial charge is 0.365 e. The Labute approximate surface area is 111 Å². The molecule has 0 radical (unpaired) electrons. The van der Waals surface area contributed by atoms with Gasteiger partial charge >= 0.3 is 0 Å². The Kier molecular flexibility index (Phi) is 3.10. The zero-order chi connectivity index (χ0) is 13.1. The Balaban J connectivity index is 1.81. The van der Waals surface area contributed by atoms with Crippen LogP contribution in [0.5, 0.6) is 0 Å². The summed E-state index contributed by atoms with van der Waals surface area (Å²) in [5.41, 5.74) is 0.950. The van der Waals surface area contributed by atoms with Crippen molar-refractivity contribution >= 4 is 16.7 Å². The van der Waals surface area contributed by atoms with Gasteiger partial charge in [0.2, 0.25) is 0 Å². The summed E-state index contributed by atoms with van der Waals surface area (Å²) < 4.78 is 1.90. The molecule has 0 saturated heterocycles. The first kappa shape index (κ1) is 11.6. The zero-order valence-electron chi connectivity index (χ0n) is 10.7. The van der Waals surface area contributed by atoms with Crippen LogP contribution >= 0.6 is 0 Å². The molecular weight excluding hydrogens is 238 g/mol. The monoisotopic (exact) mass is 253 g/mol. The van der Waals surface area contributed by atoms with E-state index in [1.165, 1.54) is 0 Å². The van der Waals surface area contributed by atoms with Crippen LogP contribution in [0.1, 0.15) is 6.92 Å². The third kappa shape index (κ3) is 2.54. The standard InChI is InChI=1S/C14H15N5/c1-11(9-19-8-4-7-17-19)18-14-12-5-2-3-6-13(12)15-10-16-14/h2-8,10-11H,9H2,1H3,(H,15,16,18)/t11-/m1/s1. The van der Waals surface area contributed by atoms with Crippen LogP contribution in [-0.2, 0) is 6.54 Å². The van der Waals surface area contributed by atoms with Crippen LogP contribution in [0.15, 0.2) is 49.1 Å². The van der Waals surface area contributed by atoms with E-state index in [1.54, 1.807) is 12.5 Å². The Bertz CT molecular complexity index is 657. The highest BCUT2D eigenvalue weighted by atomic mass is 15.3. The maximum absolute atomic E-state index is 4.32. The van der Waals surface area contributed by atoms with Crippen LogP contribution in [0, 0.1) is 0 Å². The van der Waals surface area contributed by atoms with Crippen molar-refractivity contribution in [2.45, 2.75) is 19.5 Å². The van der Waals surface area contributed by atoms with E-state index < -0.39 is 0 Å². The minimum atomic E-state index is 0.234. The van der Waals surface area contributed by atoms with Crippen molar-refractivity contribution in [2.75, 3.05) is 5.32 Å². The maximum Gasteiger partial charge on any atom is 0.137 e. The normalized spacial score (nSPS) is 12.5. The average molecular weight is 253 g/mol. The molecule has 0 bridgehead atoms. The maximum atomic E-state index is 4.32. The minimum absolute atomic E-state index is 0.234. The lowest BCUT2D eigenvalue weighted by Gasteiger charge is -2.15. The third-order valence-electron chi connectivity index (χ3n) is 2.95. The second-order valence-electron chi connectivity index (χ2n) is 4.51. The molecule has 0 amide bonds.